The zero-order valence-electron chi connectivity index (χ0n) is 11.2. The first kappa shape index (κ1) is 14.3. The number of hydrogen-bond donors (Lipinski definition) is 2. The van der Waals surface area contributed by atoms with Gasteiger partial charge < -0.3 is 15.5 Å². The van der Waals surface area contributed by atoms with Crippen LogP contribution in [0.2, 0.25) is 0 Å². The number of benzene rings is 1. The molecule has 5 heteroatoms. The van der Waals surface area contributed by atoms with E-state index < -0.39 is 0 Å². The predicted octanol–water partition coefficient (Wildman–Crippen LogP) is 2.41. The minimum absolute atomic E-state index is 0.142. The standard InChI is InChI=1S/C15H16N2O2S/c1-2-13-12(6-7-19-13)15(18)17-9-10-4-3-5-11(8-10)14(16)20/h3-8H,2,9H2,1H3,(H2,16,20)(H,17,18). The molecule has 0 aliphatic rings. The van der Waals surface area contributed by atoms with Crippen molar-refractivity contribution in [3.05, 3.63) is 59.0 Å². The lowest BCUT2D eigenvalue weighted by atomic mass is 10.1. The zero-order valence-corrected chi connectivity index (χ0v) is 12.0. The Balaban J connectivity index is 2.03. The first-order chi connectivity index (χ1) is 9.61. The third kappa shape index (κ3) is 3.24. The van der Waals surface area contributed by atoms with Gasteiger partial charge in [-0.05, 0) is 17.7 Å². The molecule has 0 atom stereocenters. The minimum atomic E-state index is -0.142. The van der Waals surface area contributed by atoms with Crippen molar-refractivity contribution in [3.63, 3.8) is 0 Å². The van der Waals surface area contributed by atoms with Crippen LogP contribution in [0.3, 0.4) is 0 Å². The van der Waals surface area contributed by atoms with E-state index in [-0.39, 0.29) is 5.91 Å². The summed E-state index contributed by atoms with van der Waals surface area (Å²) in [6.45, 7) is 2.37. The second kappa shape index (κ2) is 6.34. The van der Waals surface area contributed by atoms with Crippen molar-refractivity contribution < 1.29 is 9.21 Å². The molecular weight excluding hydrogens is 272 g/mol. The molecule has 0 bridgehead atoms. The van der Waals surface area contributed by atoms with Gasteiger partial charge in [0.05, 0.1) is 11.8 Å². The van der Waals surface area contributed by atoms with Gasteiger partial charge in [-0.3, -0.25) is 4.79 Å². The maximum absolute atomic E-state index is 12.1. The molecule has 1 aromatic heterocycles. The van der Waals surface area contributed by atoms with E-state index in [9.17, 15) is 4.79 Å². The van der Waals surface area contributed by atoms with Crippen molar-refractivity contribution in [3.8, 4) is 0 Å². The van der Waals surface area contributed by atoms with Crippen molar-refractivity contribution in [1.82, 2.24) is 5.32 Å². The lowest BCUT2D eigenvalue weighted by Crippen LogP contribution is -2.23. The van der Waals surface area contributed by atoms with E-state index in [1.165, 1.54) is 6.26 Å². The highest BCUT2D eigenvalue weighted by atomic mass is 32.1. The summed E-state index contributed by atoms with van der Waals surface area (Å²) in [5, 5.41) is 2.86. The van der Waals surface area contributed by atoms with Crippen LogP contribution in [0.1, 0.15) is 34.2 Å². The van der Waals surface area contributed by atoms with Crippen LogP contribution >= 0.6 is 12.2 Å². The van der Waals surface area contributed by atoms with Gasteiger partial charge >= 0.3 is 0 Å². The Bertz CT molecular complexity index is 634. The molecule has 2 rings (SSSR count). The summed E-state index contributed by atoms with van der Waals surface area (Å²) in [5.74, 6) is 0.552. The van der Waals surface area contributed by atoms with E-state index >= 15 is 0 Å². The normalized spacial score (nSPS) is 10.2. The van der Waals surface area contributed by atoms with Crippen LogP contribution < -0.4 is 11.1 Å². The average Bonchev–Trinajstić information content (AvgIpc) is 2.93. The van der Waals surface area contributed by atoms with Crippen molar-refractivity contribution in [1.29, 1.82) is 0 Å². The van der Waals surface area contributed by atoms with Crippen LogP contribution in [0.5, 0.6) is 0 Å². The molecule has 0 aliphatic carbocycles. The van der Waals surface area contributed by atoms with Gasteiger partial charge in [-0.15, -0.1) is 0 Å². The fourth-order valence-electron chi connectivity index (χ4n) is 1.93. The molecule has 0 aliphatic heterocycles. The van der Waals surface area contributed by atoms with Gasteiger partial charge in [0.25, 0.3) is 5.91 Å². The van der Waals surface area contributed by atoms with Crippen LogP contribution in [-0.4, -0.2) is 10.9 Å². The van der Waals surface area contributed by atoms with Gasteiger partial charge in [0.15, 0.2) is 0 Å². The van der Waals surface area contributed by atoms with E-state index in [0.717, 1.165) is 11.1 Å². The van der Waals surface area contributed by atoms with Gasteiger partial charge in [-0.1, -0.05) is 37.3 Å². The van der Waals surface area contributed by atoms with Crippen LogP contribution in [-0.2, 0) is 13.0 Å². The van der Waals surface area contributed by atoms with E-state index in [1.54, 1.807) is 6.07 Å². The largest absolute Gasteiger partial charge is 0.469 e. The smallest absolute Gasteiger partial charge is 0.255 e. The summed E-state index contributed by atoms with van der Waals surface area (Å²) in [5.41, 5.74) is 7.91. The van der Waals surface area contributed by atoms with Crippen molar-refractivity contribution in [2.24, 2.45) is 5.73 Å². The van der Waals surface area contributed by atoms with E-state index in [1.807, 2.05) is 31.2 Å². The second-order valence-electron chi connectivity index (χ2n) is 4.36. The molecule has 4 nitrogen and oxygen atoms in total. The van der Waals surface area contributed by atoms with Crippen LogP contribution in [0.15, 0.2) is 41.0 Å². The fraction of sp³-hybridized carbons (Fsp3) is 0.200. The molecule has 1 heterocycles. The number of carbonyl (C=O) groups excluding carboxylic acids is 1. The Morgan fingerprint density at radius 1 is 1.40 bits per heavy atom. The molecule has 2 aromatic rings. The molecule has 0 fully saturated rings. The quantitative estimate of drug-likeness (QED) is 0.829. The summed E-state index contributed by atoms with van der Waals surface area (Å²) in [6.07, 6.45) is 2.22. The highest BCUT2D eigenvalue weighted by Crippen LogP contribution is 2.11. The van der Waals surface area contributed by atoms with Crippen molar-refractivity contribution >= 4 is 23.1 Å². The molecule has 3 N–H and O–H groups in total. The van der Waals surface area contributed by atoms with Crippen molar-refractivity contribution in [2.45, 2.75) is 19.9 Å². The summed E-state index contributed by atoms with van der Waals surface area (Å²) in [6, 6.07) is 9.18. The Kier molecular flexibility index (Phi) is 4.53. The SMILES string of the molecule is CCc1occc1C(=O)NCc1cccc(C(N)=S)c1. The number of nitrogens with two attached hydrogens (primary N) is 1. The molecule has 0 saturated heterocycles. The minimum Gasteiger partial charge on any atom is -0.469 e. The third-order valence-corrected chi connectivity index (χ3v) is 3.21. The lowest BCUT2D eigenvalue weighted by Gasteiger charge is -2.06. The summed E-state index contributed by atoms with van der Waals surface area (Å²) in [7, 11) is 0. The first-order valence-corrected chi connectivity index (χ1v) is 6.76. The topological polar surface area (TPSA) is 68.3 Å². The molecule has 104 valence electrons. The van der Waals surface area contributed by atoms with Crippen LogP contribution in [0.25, 0.3) is 0 Å². The van der Waals surface area contributed by atoms with Gasteiger partial charge in [0.2, 0.25) is 0 Å². The van der Waals surface area contributed by atoms with Gasteiger partial charge in [-0.2, -0.15) is 0 Å². The summed E-state index contributed by atoms with van der Waals surface area (Å²) in [4.78, 5) is 12.4. The monoisotopic (exact) mass is 288 g/mol. The summed E-state index contributed by atoms with van der Waals surface area (Å²) >= 11 is 4.93. The Labute approximate surface area is 123 Å². The number of nitrogens with one attached hydrogen (secondary N) is 1. The fourth-order valence-corrected chi connectivity index (χ4v) is 2.06. The summed E-state index contributed by atoms with van der Waals surface area (Å²) < 4.78 is 5.24. The second-order valence-corrected chi connectivity index (χ2v) is 4.80. The van der Waals surface area contributed by atoms with Crippen LogP contribution in [0.4, 0.5) is 0 Å². The zero-order chi connectivity index (χ0) is 14.5. The van der Waals surface area contributed by atoms with Gasteiger partial charge in [0.1, 0.15) is 10.7 Å². The Morgan fingerprint density at radius 2 is 2.20 bits per heavy atom. The van der Waals surface area contributed by atoms with E-state index in [0.29, 0.717) is 29.3 Å². The molecule has 0 spiro atoms. The maximum Gasteiger partial charge on any atom is 0.255 e. The van der Waals surface area contributed by atoms with Gasteiger partial charge in [0, 0.05) is 18.5 Å². The molecule has 1 aromatic carbocycles. The van der Waals surface area contributed by atoms with E-state index in [2.05, 4.69) is 5.32 Å². The van der Waals surface area contributed by atoms with Crippen molar-refractivity contribution in [2.75, 3.05) is 0 Å². The Morgan fingerprint density at radius 3 is 2.90 bits per heavy atom. The van der Waals surface area contributed by atoms with E-state index in [4.69, 9.17) is 22.4 Å². The molecule has 0 unspecified atom stereocenters. The number of hydrogen-bond acceptors (Lipinski definition) is 3. The number of amides is 1. The Hall–Kier alpha value is -2.14. The maximum atomic E-state index is 12.1. The van der Waals surface area contributed by atoms with Crippen LogP contribution in [0, 0.1) is 0 Å². The average molecular weight is 288 g/mol. The third-order valence-electron chi connectivity index (χ3n) is 2.98. The number of aryl methyl sites for hydroxylation is 1. The van der Waals surface area contributed by atoms with Gasteiger partial charge in [-0.25, -0.2) is 0 Å². The molecule has 0 saturated carbocycles. The number of carbonyl (C=O) groups is 1. The molecular formula is C15H16N2O2S. The highest BCUT2D eigenvalue weighted by Gasteiger charge is 2.12. The predicted molar refractivity (Wildman–Crippen MR) is 81.6 cm³/mol. The number of rotatable bonds is 5. The molecule has 1 amide bonds. The number of thiocarbonyl (C=S) groups is 1. The first-order valence-electron chi connectivity index (χ1n) is 6.35. The molecule has 0 radical (unpaired) electrons. The highest BCUT2D eigenvalue weighted by molar-refractivity contribution is 7.80. The number of furan rings is 1. The lowest BCUT2D eigenvalue weighted by molar-refractivity contribution is 0.0949. The molecule has 20 heavy (non-hydrogen) atoms.